The van der Waals surface area contributed by atoms with Crippen LogP contribution in [-0.4, -0.2) is 11.8 Å². The van der Waals surface area contributed by atoms with Crippen molar-refractivity contribution < 1.29 is 9.59 Å². The monoisotopic (exact) mass is 358 g/mol. The number of aryl methyl sites for hydroxylation is 1. The highest BCUT2D eigenvalue weighted by Gasteiger charge is 2.24. The van der Waals surface area contributed by atoms with E-state index < -0.39 is 0 Å². The molecule has 0 fully saturated rings. The van der Waals surface area contributed by atoms with Gasteiger partial charge in [-0.2, -0.15) is 0 Å². The van der Waals surface area contributed by atoms with E-state index in [1.807, 2.05) is 38.1 Å². The first-order chi connectivity index (χ1) is 11.9. The molecule has 2 N–H and O–H groups in total. The highest BCUT2D eigenvalue weighted by molar-refractivity contribution is 6.30. The van der Waals surface area contributed by atoms with Gasteiger partial charge in [-0.3, -0.25) is 20.4 Å². The van der Waals surface area contributed by atoms with E-state index in [1.165, 1.54) is 0 Å². The van der Waals surface area contributed by atoms with E-state index >= 15 is 0 Å². The second kappa shape index (κ2) is 8.67. The Labute approximate surface area is 153 Å². The summed E-state index contributed by atoms with van der Waals surface area (Å²) < 4.78 is 0. The average Bonchev–Trinajstić information content (AvgIpc) is 2.61. The molecule has 0 bridgehead atoms. The van der Waals surface area contributed by atoms with E-state index in [4.69, 9.17) is 11.6 Å². The third-order valence-electron chi connectivity index (χ3n) is 4.10. The van der Waals surface area contributed by atoms with Gasteiger partial charge in [0, 0.05) is 10.6 Å². The Balaban J connectivity index is 2.03. The molecule has 0 unspecified atom stereocenters. The van der Waals surface area contributed by atoms with Gasteiger partial charge >= 0.3 is 0 Å². The summed E-state index contributed by atoms with van der Waals surface area (Å²) in [7, 11) is 0. The fraction of sp³-hybridized carbons (Fsp3) is 0.300. The third kappa shape index (κ3) is 5.07. The molecule has 1 atom stereocenters. The van der Waals surface area contributed by atoms with Crippen LogP contribution >= 0.6 is 11.6 Å². The standard InChI is InChI=1S/C20H23ClN2O2/c1-4-14-5-7-16(8-6-14)19(24)22-23-20(25)18(13(2)3)15-9-11-17(21)12-10-15/h5-13,18H,4H2,1-3H3,(H,22,24)(H,23,25)/t18-/m0/s1. The number of amides is 2. The number of rotatable bonds is 5. The molecule has 25 heavy (non-hydrogen) atoms. The van der Waals surface area contributed by atoms with Crippen LogP contribution in [0.4, 0.5) is 0 Å². The van der Waals surface area contributed by atoms with Gasteiger partial charge in [-0.1, -0.05) is 56.6 Å². The first kappa shape index (κ1) is 19.0. The number of hydrogen-bond donors (Lipinski definition) is 2. The minimum Gasteiger partial charge on any atom is -0.273 e. The lowest BCUT2D eigenvalue weighted by molar-refractivity contribution is -0.124. The van der Waals surface area contributed by atoms with Crippen LogP contribution in [0.5, 0.6) is 0 Å². The number of carbonyl (C=O) groups excluding carboxylic acids is 2. The average molecular weight is 359 g/mol. The summed E-state index contributed by atoms with van der Waals surface area (Å²) in [6, 6.07) is 14.5. The van der Waals surface area contributed by atoms with Crippen LogP contribution in [0.15, 0.2) is 48.5 Å². The first-order valence-corrected chi connectivity index (χ1v) is 8.74. The topological polar surface area (TPSA) is 58.2 Å². The highest BCUT2D eigenvalue weighted by atomic mass is 35.5. The van der Waals surface area contributed by atoms with Crippen LogP contribution in [0, 0.1) is 5.92 Å². The maximum Gasteiger partial charge on any atom is 0.269 e. The summed E-state index contributed by atoms with van der Waals surface area (Å²) in [5.74, 6) is -0.896. The molecule has 2 amide bonds. The zero-order chi connectivity index (χ0) is 18.4. The molecule has 2 rings (SSSR count). The lowest BCUT2D eigenvalue weighted by atomic mass is 9.88. The maximum atomic E-state index is 12.5. The normalized spacial score (nSPS) is 11.9. The van der Waals surface area contributed by atoms with Crippen LogP contribution in [-0.2, 0) is 11.2 Å². The molecular weight excluding hydrogens is 336 g/mol. The van der Waals surface area contributed by atoms with Crippen molar-refractivity contribution in [2.45, 2.75) is 33.1 Å². The summed E-state index contributed by atoms with van der Waals surface area (Å²) in [5, 5.41) is 0.621. The van der Waals surface area contributed by atoms with Gasteiger partial charge in [0.25, 0.3) is 5.91 Å². The fourth-order valence-electron chi connectivity index (χ4n) is 2.67. The van der Waals surface area contributed by atoms with Gasteiger partial charge in [0.1, 0.15) is 0 Å². The summed E-state index contributed by atoms with van der Waals surface area (Å²) >= 11 is 5.91. The second-order valence-electron chi connectivity index (χ2n) is 6.27. The Morgan fingerprint density at radius 2 is 1.56 bits per heavy atom. The van der Waals surface area contributed by atoms with Crippen molar-refractivity contribution in [3.63, 3.8) is 0 Å². The van der Waals surface area contributed by atoms with E-state index in [0.29, 0.717) is 10.6 Å². The van der Waals surface area contributed by atoms with Crippen LogP contribution in [0.2, 0.25) is 5.02 Å². The molecule has 2 aromatic rings. The number of carbonyl (C=O) groups is 2. The molecule has 5 heteroatoms. The van der Waals surface area contributed by atoms with Crippen molar-refractivity contribution in [2.75, 3.05) is 0 Å². The van der Waals surface area contributed by atoms with Crippen molar-refractivity contribution in [3.05, 3.63) is 70.2 Å². The molecule has 0 saturated carbocycles. The Hall–Kier alpha value is -2.33. The number of hydrazine groups is 1. The van der Waals surface area contributed by atoms with Gasteiger partial charge in [-0.05, 0) is 47.7 Å². The van der Waals surface area contributed by atoms with Gasteiger partial charge in [0.2, 0.25) is 5.91 Å². The van der Waals surface area contributed by atoms with Crippen LogP contribution < -0.4 is 10.9 Å². The number of nitrogens with one attached hydrogen (secondary N) is 2. The van der Waals surface area contributed by atoms with Crippen LogP contribution in [0.1, 0.15) is 48.2 Å². The predicted octanol–water partition coefficient (Wildman–Crippen LogP) is 4.10. The van der Waals surface area contributed by atoms with Crippen molar-refractivity contribution >= 4 is 23.4 Å². The molecule has 4 nitrogen and oxygen atoms in total. The molecule has 0 aromatic heterocycles. The van der Waals surface area contributed by atoms with Crippen molar-refractivity contribution in [3.8, 4) is 0 Å². The predicted molar refractivity (Wildman–Crippen MR) is 100 cm³/mol. The van der Waals surface area contributed by atoms with Crippen molar-refractivity contribution in [2.24, 2.45) is 5.92 Å². The molecule has 0 spiro atoms. The van der Waals surface area contributed by atoms with Crippen molar-refractivity contribution in [1.82, 2.24) is 10.9 Å². The SMILES string of the molecule is CCc1ccc(C(=O)NNC(=O)[C@H](c2ccc(Cl)cc2)C(C)C)cc1. The van der Waals surface area contributed by atoms with E-state index in [1.54, 1.807) is 24.3 Å². The molecule has 0 aliphatic carbocycles. The summed E-state index contributed by atoms with van der Waals surface area (Å²) in [6.07, 6.45) is 0.912. The molecule has 0 heterocycles. The van der Waals surface area contributed by atoms with Crippen LogP contribution in [0.3, 0.4) is 0 Å². The third-order valence-corrected chi connectivity index (χ3v) is 4.35. The Kier molecular flexibility index (Phi) is 6.59. The molecule has 2 aromatic carbocycles. The molecular formula is C20H23ClN2O2. The zero-order valence-electron chi connectivity index (χ0n) is 14.7. The highest BCUT2D eigenvalue weighted by Crippen LogP contribution is 2.25. The lowest BCUT2D eigenvalue weighted by Gasteiger charge is -2.21. The molecule has 0 saturated heterocycles. The smallest absolute Gasteiger partial charge is 0.269 e. The fourth-order valence-corrected chi connectivity index (χ4v) is 2.80. The zero-order valence-corrected chi connectivity index (χ0v) is 15.4. The van der Waals surface area contributed by atoms with Gasteiger partial charge in [0.15, 0.2) is 0 Å². The molecule has 132 valence electrons. The Morgan fingerprint density at radius 1 is 0.960 bits per heavy atom. The van der Waals surface area contributed by atoms with Crippen LogP contribution in [0.25, 0.3) is 0 Å². The van der Waals surface area contributed by atoms with E-state index in [0.717, 1.165) is 17.5 Å². The summed E-state index contributed by atoms with van der Waals surface area (Å²) in [4.78, 5) is 24.7. The van der Waals surface area contributed by atoms with E-state index in [2.05, 4.69) is 17.8 Å². The number of hydrogen-bond acceptors (Lipinski definition) is 2. The second-order valence-corrected chi connectivity index (χ2v) is 6.70. The molecule has 0 radical (unpaired) electrons. The lowest BCUT2D eigenvalue weighted by Crippen LogP contribution is -2.44. The molecule has 0 aliphatic heterocycles. The minimum absolute atomic E-state index is 0.0712. The first-order valence-electron chi connectivity index (χ1n) is 8.37. The summed E-state index contributed by atoms with van der Waals surface area (Å²) in [5.41, 5.74) is 7.54. The van der Waals surface area contributed by atoms with Gasteiger partial charge in [-0.25, -0.2) is 0 Å². The Bertz CT molecular complexity index is 724. The minimum atomic E-state index is -0.375. The number of halogens is 1. The quantitative estimate of drug-likeness (QED) is 0.790. The van der Waals surface area contributed by atoms with Gasteiger partial charge < -0.3 is 0 Å². The van der Waals surface area contributed by atoms with Crippen molar-refractivity contribution in [1.29, 1.82) is 0 Å². The van der Waals surface area contributed by atoms with E-state index in [9.17, 15) is 9.59 Å². The van der Waals surface area contributed by atoms with Gasteiger partial charge in [-0.15, -0.1) is 0 Å². The van der Waals surface area contributed by atoms with E-state index in [-0.39, 0.29) is 23.7 Å². The largest absolute Gasteiger partial charge is 0.273 e. The Morgan fingerprint density at radius 3 is 2.08 bits per heavy atom. The summed E-state index contributed by atoms with van der Waals surface area (Å²) in [6.45, 7) is 5.98. The molecule has 0 aliphatic rings. The maximum absolute atomic E-state index is 12.5. The van der Waals surface area contributed by atoms with Gasteiger partial charge in [0.05, 0.1) is 5.92 Å². The number of benzene rings is 2.